The van der Waals surface area contributed by atoms with Crippen molar-refractivity contribution in [2.24, 2.45) is 5.92 Å². The summed E-state index contributed by atoms with van der Waals surface area (Å²) in [4.78, 5) is 25.0. The van der Waals surface area contributed by atoms with E-state index in [1.807, 2.05) is 6.07 Å². The van der Waals surface area contributed by atoms with E-state index in [0.717, 1.165) is 24.0 Å². The van der Waals surface area contributed by atoms with Crippen molar-refractivity contribution in [3.63, 3.8) is 0 Å². The van der Waals surface area contributed by atoms with E-state index in [0.29, 0.717) is 12.5 Å². The minimum absolute atomic E-state index is 0.00974. The molecule has 160 valence electrons. The highest BCUT2D eigenvalue weighted by atomic mass is 16.1. The first-order valence-electron chi connectivity index (χ1n) is 11.8. The fraction of sp³-hybridized carbons (Fsp3) is 0.429. The maximum atomic E-state index is 12.5. The molecule has 31 heavy (non-hydrogen) atoms. The highest BCUT2D eigenvalue weighted by molar-refractivity contribution is 6.04. The molecule has 1 atom stereocenters. The number of hydrogen-bond acceptors (Lipinski definition) is 2. The standard InChI is InChI=1S/C28H31NO2/c1-18(30)22-13-14-24-23(19(2)31)15-16-25-26(20-9-5-3-6-10-20)27(29(17-22)28(24)25)21-11-7-4-8-12-21/h4,7-8,11-12,15-16,20,22H,3,5-6,9-10,13-14,17H2,1-2H3. The summed E-state index contributed by atoms with van der Waals surface area (Å²) in [6.07, 6.45) is 7.92. The number of ketones is 2. The molecule has 0 radical (unpaired) electrons. The molecule has 2 aromatic carbocycles. The van der Waals surface area contributed by atoms with Crippen molar-refractivity contribution < 1.29 is 9.59 Å². The molecule has 1 saturated carbocycles. The van der Waals surface area contributed by atoms with Gasteiger partial charge in [0.2, 0.25) is 0 Å². The Morgan fingerprint density at radius 3 is 2.32 bits per heavy atom. The molecule has 3 aromatic rings. The number of aryl methyl sites for hydroxylation is 1. The lowest BCUT2D eigenvalue weighted by Gasteiger charge is -2.24. The molecule has 3 nitrogen and oxygen atoms in total. The van der Waals surface area contributed by atoms with Crippen molar-refractivity contribution >= 4 is 22.5 Å². The number of carbonyl (C=O) groups is 2. The van der Waals surface area contributed by atoms with E-state index in [1.165, 1.54) is 59.8 Å². The summed E-state index contributed by atoms with van der Waals surface area (Å²) >= 11 is 0. The Kier molecular flexibility index (Phi) is 5.29. The SMILES string of the molecule is CC(=O)c1ccc2c(C3CCCCC3)c(-c3ccccc3)n3c2c1CCC(C(C)=O)C3. The van der Waals surface area contributed by atoms with Gasteiger partial charge >= 0.3 is 0 Å². The van der Waals surface area contributed by atoms with Crippen LogP contribution in [0.2, 0.25) is 0 Å². The van der Waals surface area contributed by atoms with Crippen LogP contribution in [0, 0.1) is 5.92 Å². The molecule has 1 aliphatic carbocycles. The topological polar surface area (TPSA) is 39.1 Å². The van der Waals surface area contributed by atoms with Gasteiger partial charge in [0.1, 0.15) is 5.78 Å². The average molecular weight is 414 g/mol. The first kappa shape index (κ1) is 20.2. The Morgan fingerprint density at radius 1 is 0.903 bits per heavy atom. The smallest absolute Gasteiger partial charge is 0.160 e. The van der Waals surface area contributed by atoms with Gasteiger partial charge in [0.05, 0.1) is 11.2 Å². The summed E-state index contributed by atoms with van der Waals surface area (Å²) < 4.78 is 2.41. The van der Waals surface area contributed by atoms with Gasteiger partial charge in [-0.25, -0.2) is 0 Å². The lowest BCUT2D eigenvalue weighted by atomic mass is 9.81. The second-order valence-corrected chi connectivity index (χ2v) is 9.46. The number of hydrogen-bond donors (Lipinski definition) is 0. The number of rotatable bonds is 4. The predicted octanol–water partition coefficient (Wildman–Crippen LogP) is 6.71. The lowest BCUT2D eigenvalue weighted by Crippen LogP contribution is -2.18. The molecule has 5 rings (SSSR count). The molecule has 0 spiro atoms. The number of Topliss-reactive ketones (excluding diaryl/α,β-unsaturated/α-hetero) is 2. The maximum absolute atomic E-state index is 12.5. The molecule has 2 aliphatic rings. The van der Waals surface area contributed by atoms with Crippen LogP contribution in [0.3, 0.4) is 0 Å². The predicted molar refractivity (Wildman–Crippen MR) is 126 cm³/mol. The van der Waals surface area contributed by atoms with Gasteiger partial charge < -0.3 is 4.57 Å². The van der Waals surface area contributed by atoms with Crippen LogP contribution in [0.4, 0.5) is 0 Å². The van der Waals surface area contributed by atoms with E-state index in [4.69, 9.17) is 0 Å². The normalized spacial score (nSPS) is 19.4. The van der Waals surface area contributed by atoms with Crippen LogP contribution in [0.25, 0.3) is 22.2 Å². The number of aromatic nitrogens is 1. The van der Waals surface area contributed by atoms with E-state index in [2.05, 4.69) is 41.0 Å². The van der Waals surface area contributed by atoms with Crippen molar-refractivity contribution in [1.82, 2.24) is 4.57 Å². The highest BCUT2D eigenvalue weighted by Gasteiger charge is 2.32. The van der Waals surface area contributed by atoms with Crippen molar-refractivity contribution in [3.05, 3.63) is 59.2 Å². The average Bonchev–Trinajstić information content (AvgIpc) is 2.97. The van der Waals surface area contributed by atoms with Gasteiger partial charge in [-0.05, 0) is 62.1 Å². The maximum Gasteiger partial charge on any atom is 0.160 e. The van der Waals surface area contributed by atoms with Crippen LogP contribution in [0.15, 0.2) is 42.5 Å². The number of carbonyl (C=O) groups excluding carboxylic acids is 2. The molecule has 1 unspecified atom stereocenters. The van der Waals surface area contributed by atoms with Crippen molar-refractivity contribution in [2.45, 2.75) is 71.3 Å². The van der Waals surface area contributed by atoms with Crippen LogP contribution in [0.1, 0.15) is 79.8 Å². The Morgan fingerprint density at radius 2 is 1.65 bits per heavy atom. The molecule has 0 N–H and O–H groups in total. The molecule has 1 fully saturated rings. The van der Waals surface area contributed by atoms with Crippen LogP contribution < -0.4 is 0 Å². The summed E-state index contributed by atoms with van der Waals surface area (Å²) in [5.74, 6) is 0.895. The third-order valence-corrected chi connectivity index (χ3v) is 7.53. The Balaban J connectivity index is 1.87. The molecular formula is C28H31NO2. The van der Waals surface area contributed by atoms with Crippen LogP contribution in [-0.4, -0.2) is 16.1 Å². The molecule has 2 heterocycles. The van der Waals surface area contributed by atoms with Crippen LogP contribution in [-0.2, 0) is 17.8 Å². The molecular weight excluding hydrogens is 382 g/mol. The van der Waals surface area contributed by atoms with Gasteiger partial charge in [0.25, 0.3) is 0 Å². The van der Waals surface area contributed by atoms with E-state index in [-0.39, 0.29) is 17.5 Å². The quantitative estimate of drug-likeness (QED) is 0.446. The number of benzene rings is 2. The minimum atomic E-state index is -0.00974. The van der Waals surface area contributed by atoms with Crippen molar-refractivity contribution in [2.75, 3.05) is 0 Å². The van der Waals surface area contributed by atoms with E-state index < -0.39 is 0 Å². The lowest BCUT2D eigenvalue weighted by molar-refractivity contribution is -0.121. The fourth-order valence-corrected chi connectivity index (χ4v) is 5.99. The zero-order valence-electron chi connectivity index (χ0n) is 18.6. The Hall–Kier alpha value is -2.68. The zero-order valence-corrected chi connectivity index (χ0v) is 18.6. The fourth-order valence-electron chi connectivity index (χ4n) is 5.99. The van der Waals surface area contributed by atoms with E-state index in [1.54, 1.807) is 13.8 Å². The van der Waals surface area contributed by atoms with Gasteiger partial charge in [-0.3, -0.25) is 9.59 Å². The van der Waals surface area contributed by atoms with Gasteiger partial charge in [-0.15, -0.1) is 0 Å². The van der Waals surface area contributed by atoms with Crippen LogP contribution in [0.5, 0.6) is 0 Å². The summed E-state index contributed by atoms with van der Waals surface area (Å²) in [5.41, 5.74) is 7.12. The largest absolute Gasteiger partial charge is 0.339 e. The van der Waals surface area contributed by atoms with Gasteiger partial charge in [0.15, 0.2) is 5.78 Å². The van der Waals surface area contributed by atoms with Gasteiger partial charge in [0, 0.05) is 23.4 Å². The summed E-state index contributed by atoms with van der Waals surface area (Å²) in [6.45, 7) is 4.09. The molecule has 0 bridgehead atoms. The van der Waals surface area contributed by atoms with Crippen molar-refractivity contribution in [1.29, 1.82) is 0 Å². The summed E-state index contributed by atoms with van der Waals surface area (Å²) in [5, 5.41) is 1.30. The van der Waals surface area contributed by atoms with Gasteiger partial charge in [-0.2, -0.15) is 0 Å². The second-order valence-electron chi connectivity index (χ2n) is 9.46. The van der Waals surface area contributed by atoms with Gasteiger partial charge in [-0.1, -0.05) is 61.7 Å². The Labute approximate surface area is 184 Å². The number of nitrogens with zero attached hydrogens (tertiary/aromatic N) is 1. The molecule has 0 saturated heterocycles. The highest BCUT2D eigenvalue weighted by Crippen LogP contribution is 2.46. The van der Waals surface area contributed by atoms with E-state index >= 15 is 0 Å². The zero-order chi connectivity index (χ0) is 21.5. The molecule has 0 amide bonds. The third kappa shape index (κ3) is 3.44. The van der Waals surface area contributed by atoms with E-state index in [9.17, 15) is 9.59 Å². The molecule has 3 heteroatoms. The third-order valence-electron chi connectivity index (χ3n) is 7.53. The molecule has 1 aliphatic heterocycles. The first-order chi connectivity index (χ1) is 15.1. The summed E-state index contributed by atoms with van der Waals surface area (Å²) in [6, 6.07) is 14.9. The van der Waals surface area contributed by atoms with Crippen LogP contribution >= 0.6 is 0 Å². The monoisotopic (exact) mass is 413 g/mol. The summed E-state index contributed by atoms with van der Waals surface area (Å²) in [7, 11) is 0. The second kappa shape index (κ2) is 8.11. The van der Waals surface area contributed by atoms with Crippen molar-refractivity contribution in [3.8, 4) is 11.3 Å². The first-order valence-corrected chi connectivity index (χ1v) is 11.8. The Bertz CT molecular complexity index is 1150. The minimum Gasteiger partial charge on any atom is -0.339 e. The molecule has 1 aromatic heterocycles.